The number of nitro benzene ring substituents is 1. The summed E-state index contributed by atoms with van der Waals surface area (Å²) in [7, 11) is 3.30. The lowest BCUT2D eigenvalue weighted by Crippen LogP contribution is -2.23. The number of hydrogen-bond acceptors (Lipinski definition) is 7. The molecule has 0 fully saturated rings. The van der Waals surface area contributed by atoms with Crippen molar-refractivity contribution in [1.82, 2.24) is 5.32 Å². The highest BCUT2D eigenvalue weighted by atomic mass is 16.6. The van der Waals surface area contributed by atoms with Crippen LogP contribution in [-0.2, 0) is 9.53 Å². The van der Waals surface area contributed by atoms with Crippen molar-refractivity contribution in [2.75, 3.05) is 20.8 Å². The summed E-state index contributed by atoms with van der Waals surface area (Å²) in [6.45, 7) is 9.91. The first-order valence-corrected chi connectivity index (χ1v) is 12.3. The molecule has 0 unspecified atom stereocenters. The van der Waals surface area contributed by atoms with Crippen LogP contribution in [0, 0.1) is 37.8 Å². The maximum atomic E-state index is 12.6. The molecular weight excluding hydrogens is 484 g/mol. The fourth-order valence-corrected chi connectivity index (χ4v) is 4.73. The van der Waals surface area contributed by atoms with Crippen molar-refractivity contribution in [3.63, 3.8) is 0 Å². The molecule has 0 radical (unpaired) electrons. The summed E-state index contributed by atoms with van der Waals surface area (Å²) in [6, 6.07) is 13.9. The normalized spacial score (nSPS) is 11.3. The van der Waals surface area contributed by atoms with Crippen molar-refractivity contribution in [2.45, 2.75) is 40.7 Å². The molecule has 1 N–H and O–H groups in total. The summed E-state index contributed by atoms with van der Waals surface area (Å²) in [5.74, 6) is 1.11. The van der Waals surface area contributed by atoms with E-state index in [2.05, 4.69) is 29.6 Å². The largest absolute Gasteiger partial charge is 0.496 e. The lowest BCUT2D eigenvalue weighted by atomic mass is 9.92. The van der Waals surface area contributed by atoms with Crippen LogP contribution in [0.1, 0.15) is 51.9 Å². The maximum Gasteiger partial charge on any atom is 0.332 e. The molecule has 0 aliphatic carbocycles. The SMILES string of the molecule is CCOC(=O)/C=C(/NC(c1cc(C)c(OC)c(C)c1)c1cc(C)c(OC)c(C)c1)c1ccc([N+](=O)[O-])cc1. The van der Waals surface area contributed by atoms with Gasteiger partial charge in [-0.05, 0) is 110 Å². The topological polar surface area (TPSA) is 99.9 Å². The van der Waals surface area contributed by atoms with E-state index in [1.807, 2.05) is 27.7 Å². The first-order valence-electron chi connectivity index (χ1n) is 12.3. The molecule has 0 saturated carbocycles. The third-order valence-corrected chi connectivity index (χ3v) is 6.28. The highest BCUT2D eigenvalue weighted by molar-refractivity contribution is 5.91. The highest BCUT2D eigenvalue weighted by Crippen LogP contribution is 2.35. The van der Waals surface area contributed by atoms with Gasteiger partial charge in [-0.3, -0.25) is 10.1 Å². The third kappa shape index (κ3) is 6.32. The van der Waals surface area contributed by atoms with Gasteiger partial charge in [0.1, 0.15) is 11.5 Å². The Morgan fingerprint density at radius 3 is 1.71 bits per heavy atom. The Kier molecular flexibility index (Phi) is 9.12. The van der Waals surface area contributed by atoms with E-state index < -0.39 is 10.9 Å². The number of benzene rings is 3. The maximum absolute atomic E-state index is 12.6. The van der Waals surface area contributed by atoms with Crippen LogP contribution in [0.2, 0.25) is 0 Å². The van der Waals surface area contributed by atoms with Crippen LogP contribution in [0.5, 0.6) is 11.5 Å². The lowest BCUT2D eigenvalue weighted by molar-refractivity contribution is -0.384. The van der Waals surface area contributed by atoms with Crippen molar-refractivity contribution in [3.05, 3.63) is 104 Å². The van der Waals surface area contributed by atoms with E-state index in [0.717, 1.165) is 44.9 Å². The van der Waals surface area contributed by atoms with E-state index in [1.54, 1.807) is 33.3 Å². The van der Waals surface area contributed by atoms with E-state index in [9.17, 15) is 14.9 Å². The standard InChI is InChI=1S/C30H34N2O6/c1-8-38-27(33)17-26(22-9-11-25(12-10-22)32(34)35)31-28(23-13-18(2)29(36-6)19(3)14-23)24-15-20(4)30(37-7)21(5)16-24/h9-17,28,31H,8H2,1-7H3/b26-17+. The van der Waals surface area contributed by atoms with E-state index in [0.29, 0.717) is 11.3 Å². The minimum atomic E-state index is -0.517. The van der Waals surface area contributed by atoms with Crippen LogP contribution < -0.4 is 14.8 Å². The Bertz CT molecular complexity index is 1260. The molecule has 0 saturated heterocycles. The van der Waals surface area contributed by atoms with Gasteiger partial charge in [-0.15, -0.1) is 0 Å². The van der Waals surface area contributed by atoms with Gasteiger partial charge in [0.15, 0.2) is 0 Å². The van der Waals surface area contributed by atoms with Crippen LogP contribution >= 0.6 is 0 Å². The zero-order valence-corrected chi connectivity index (χ0v) is 22.9. The molecule has 8 nitrogen and oxygen atoms in total. The van der Waals surface area contributed by atoms with Gasteiger partial charge in [0.05, 0.1) is 31.8 Å². The van der Waals surface area contributed by atoms with Crippen molar-refractivity contribution in [3.8, 4) is 11.5 Å². The van der Waals surface area contributed by atoms with Crippen molar-refractivity contribution >= 4 is 17.4 Å². The number of nitro groups is 1. The zero-order chi connectivity index (χ0) is 28.0. The Balaban J connectivity index is 2.21. The minimum Gasteiger partial charge on any atom is -0.496 e. The Hall–Kier alpha value is -4.33. The predicted molar refractivity (Wildman–Crippen MR) is 148 cm³/mol. The van der Waals surface area contributed by atoms with Gasteiger partial charge in [-0.1, -0.05) is 0 Å². The van der Waals surface area contributed by atoms with Crippen LogP contribution in [0.15, 0.2) is 54.6 Å². The smallest absolute Gasteiger partial charge is 0.332 e. The van der Waals surface area contributed by atoms with Gasteiger partial charge in [0.25, 0.3) is 5.69 Å². The molecule has 0 atom stereocenters. The van der Waals surface area contributed by atoms with E-state index >= 15 is 0 Å². The molecule has 38 heavy (non-hydrogen) atoms. The van der Waals surface area contributed by atoms with Crippen molar-refractivity contribution in [1.29, 1.82) is 0 Å². The average molecular weight is 519 g/mol. The van der Waals surface area contributed by atoms with Crippen molar-refractivity contribution < 1.29 is 23.9 Å². The molecule has 3 aromatic rings. The predicted octanol–water partition coefficient (Wildman–Crippen LogP) is 6.13. The Labute approximate surface area is 223 Å². The zero-order valence-electron chi connectivity index (χ0n) is 22.9. The lowest BCUT2D eigenvalue weighted by Gasteiger charge is -2.26. The average Bonchev–Trinajstić information content (AvgIpc) is 2.86. The Morgan fingerprint density at radius 1 is 0.895 bits per heavy atom. The molecule has 0 spiro atoms. The molecular formula is C30H34N2O6. The summed E-state index contributed by atoms with van der Waals surface area (Å²) >= 11 is 0. The number of ether oxygens (including phenoxy) is 3. The molecule has 8 heteroatoms. The number of carbonyl (C=O) groups excluding carboxylic acids is 1. The van der Waals surface area contributed by atoms with Gasteiger partial charge in [0.2, 0.25) is 0 Å². The van der Waals surface area contributed by atoms with Crippen LogP contribution in [0.25, 0.3) is 5.70 Å². The second kappa shape index (κ2) is 12.3. The summed E-state index contributed by atoms with van der Waals surface area (Å²) in [5, 5.41) is 14.7. The summed E-state index contributed by atoms with van der Waals surface area (Å²) in [5.41, 5.74) is 6.86. The van der Waals surface area contributed by atoms with Crippen LogP contribution in [0.3, 0.4) is 0 Å². The third-order valence-electron chi connectivity index (χ3n) is 6.28. The number of hydrogen-bond donors (Lipinski definition) is 1. The molecule has 0 aliphatic heterocycles. The fraction of sp³-hybridized carbons (Fsp3) is 0.300. The number of carbonyl (C=O) groups is 1. The second-order valence-electron chi connectivity index (χ2n) is 9.07. The molecule has 0 bridgehead atoms. The van der Waals surface area contributed by atoms with E-state index in [1.165, 1.54) is 18.2 Å². The fourth-order valence-electron chi connectivity index (χ4n) is 4.73. The van der Waals surface area contributed by atoms with Crippen LogP contribution in [0.4, 0.5) is 5.69 Å². The number of rotatable bonds is 10. The number of nitrogens with zero attached hydrogens (tertiary/aromatic N) is 1. The summed E-state index contributed by atoms with van der Waals surface area (Å²) < 4.78 is 16.4. The molecule has 0 heterocycles. The summed E-state index contributed by atoms with van der Waals surface area (Å²) in [4.78, 5) is 23.3. The highest BCUT2D eigenvalue weighted by Gasteiger charge is 2.22. The van der Waals surface area contributed by atoms with Gasteiger partial charge in [-0.2, -0.15) is 0 Å². The minimum absolute atomic E-state index is 0.0383. The quantitative estimate of drug-likeness (QED) is 0.149. The van der Waals surface area contributed by atoms with Gasteiger partial charge >= 0.3 is 5.97 Å². The number of non-ortho nitro benzene ring substituents is 1. The number of esters is 1. The number of methoxy groups -OCH3 is 2. The van der Waals surface area contributed by atoms with E-state index in [4.69, 9.17) is 14.2 Å². The van der Waals surface area contributed by atoms with Crippen LogP contribution in [-0.4, -0.2) is 31.7 Å². The Morgan fingerprint density at radius 2 is 1.34 bits per heavy atom. The second-order valence-corrected chi connectivity index (χ2v) is 9.07. The van der Waals surface area contributed by atoms with Gasteiger partial charge in [0, 0.05) is 23.9 Å². The van der Waals surface area contributed by atoms with Crippen molar-refractivity contribution in [2.24, 2.45) is 0 Å². The first-order chi connectivity index (χ1) is 18.1. The molecule has 0 aromatic heterocycles. The summed E-state index contributed by atoms with van der Waals surface area (Å²) in [6.07, 6.45) is 1.38. The molecule has 3 aromatic carbocycles. The molecule has 0 aliphatic rings. The van der Waals surface area contributed by atoms with Gasteiger partial charge in [-0.25, -0.2) is 4.79 Å². The first kappa shape index (κ1) is 28.2. The van der Waals surface area contributed by atoms with E-state index in [-0.39, 0.29) is 18.3 Å². The number of nitrogens with one attached hydrogen (secondary N) is 1. The molecule has 0 amide bonds. The monoisotopic (exact) mass is 518 g/mol. The number of aryl methyl sites for hydroxylation is 4. The van der Waals surface area contributed by atoms with Gasteiger partial charge < -0.3 is 19.5 Å². The molecule has 3 rings (SSSR count). The molecule has 200 valence electrons.